The van der Waals surface area contributed by atoms with Crippen molar-refractivity contribution in [2.24, 2.45) is 0 Å². The molecule has 0 amide bonds. The van der Waals surface area contributed by atoms with E-state index >= 15 is 0 Å². The maximum absolute atomic E-state index is 4.40. The van der Waals surface area contributed by atoms with Crippen LogP contribution >= 0.6 is 7.92 Å². The Morgan fingerprint density at radius 3 is 1.89 bits per heavy atom. The first-order valence-corrected chi connectivity index (χ1v) is 13.1. The Kier molecular flexibility index (Phi) is 8.76. The van der Waals surface area contributed by atoms with Crippen LogP contribution in [0.3, 0.4) is 0 Å². The standard InChI is InChI=1S/C19H16P.C13H9N2.Cu/c1-16-10-8-9-15-19(16)20(17-11-4-2-5-12-17)18-13-6-3-7-14-18;1-4-10-5-2-9-15-13(10)11(6-1)12-7-3-8-14-12;/h2-15H,1H2;1-9H;/q2*-1;+2/p+1. The van der Waals surface area contributed by atoms with Gasteiger partial charge < -0.3 is 4.98 Å². The second-order valence-electron chi connectivity index (χ2n) is 8.17. The van der Waals surface area contributed by atoms with E-state index < -0.39 is 7.92 Å². The number of pyridine rings is 1. The average molecular weight is 533 g/mol. The fourth-order valence-electron chi connectivity index (χ4n) is 4.22. The first kappa shape index (κ1) is 25.5. The Morgan fingerprint density at radius 1 is 0.611 bits per heavy atom. The zero-order chi connectivity index (χ0) is 23.9. The van der Waals surface area contributed by atoms with Gasteiger partial charge in [-0.05, 0) is 35.9 Å². The quantitative estimate of drug-likeness (QED) is 0.153. The van der Waals surface area contributed by atoms with Gasteiger partial charge in [0, 0.05) is 16.9 Å². The van der Waals surface area contributed by atoms with Gasteiger partial charge >= 0.3 is 17.1 Å². The van der Waals surface area contributed by atoms with Crippen LogP contribution in [0.2, 0.25) is 0 Å². The van der Waals surface area contributed by atoms with Crippen molar-refractivity contribution < 1.29 is 17.1 Å². The zero-order valence-corrected chi connectivity index (χ0v) is 21.6. The predicted molar refractivity (Wildman–Crippen MR) is 152 cm³/mol. The molecule has 0 spiro atoms. The summed E-state index contributed by atoms with van der Waals surface area (Å²) in [7, 11) is -0.970. The van der Waals surface area contributed by atoms with Crippen molar-refractivity contribution in [2.45, 2.75) is 0 Å². The minimum Gasteiger partial charge on any atom is -0.664 e. The third-order valence-corrected chi connectivity index (χ3v) is 8.72. The van der Waals surface area contributed by atoms with E-state index in [1.165, 1.54) is 15.9 Å². The number of fused-ring (bicyclic) bond motifs is 1. The molecule has 2 aromatic heterocycles. The van der Waals surface area contributed by atoms with Crippen LogP contribution in [0.1, 0.15) is 5.56 Å². The van der Waals surface area contributed by atoms with Crippen molar-refractivity contribution in [1.29, 1.82) is 0 Å². The summed E-state index contributed by atoms with van der Waals surface area (Å²) in [6, 6.07) is 44.1. The molecule has 0 saturated carbocycles. The smallest absolute Gasteiger partial charge is 0.664 e. The van der Waals surface area contributed by atoms with Crippen LogP contribution in [0.15, 0.2) is 140 Å². The number of rotatable bonds is 4. The Labute approximate surface area is 224 Å². The summed E-state index contributed by atoms with van der Waals surface area (Å²) in [5.41, 5.74) is 4.23. The normalized spacial score (nSPS) is 10.4. The Bertz CT molecular complexity index is 1460. The number of para-hydroxylation sites is 1. The molecule has 179 valence electrons. The van der Waals surface area contributed by atoms with Gasteiger partial charge in [0.25, 0.3) is 0 Å². The van der Waals surface area contributed by atoms with Crippen molar-refractivity contribution in [1.82, 2.24) is 9.97 Å². The summed E-state index contributed by atoms with van der Waals surface area (Å²) in [6.45, 7) is 4.22. The van der Waals surface area contributed by atoms with Gasteiger partial charge in [-0.15, -0.1) is 11.8 Å². The molecular formula is C32H26CuN2P+. The Balaban J connectivity index is 0.000000170. The summed E-state index contributed by atoms with van der Waals surface area (Å²) in [5.74, 6) is 0. The van der Waals surface area contributed by atoms with E-state index in [-0.39, 0.29) is 17.1 Å². The topological polar surface area (TPSA) is 27.0 Å². The molecule has 4 aromatic carbocycles. The molecule has 1 radical (unpaired) electrons. The third-order valence-electron chi connectivity index (χ3n) is 5.87. The third kappa shape index (κ3) is 5.78. The van der Waals surface area contributed by atoms with E-state index in [2.05, 4.69) is 120 Å². The van der Waals surface area contributed by atoms with Crippen LogP contribution < -0.4 is 20.9 Å². The van der Waals surface area contributed by atoms with Gasteiger partial charge in [0.05, 0.1) is 24.0 Å². The van der Waals surface area contributed by atoms with Crippen LogP contribution in [0.25, 0.3) is 22.2 Å². The van der Waals surface area contributed by atoms with Crippen LogP contribution in [0.5, 0.6) is 0 Å². The summed E-state index contributed by atoms with van der Waals surface area (Å²) < 4.78 is 0. The molecule has 6 rings (SSSR count). The minimum absolute atomic E-state index is 0. The molecular weight excluding hydrogens is 507 g/mol. The van der Waals surface area contributed by atoms with Gasteiger partial charge in [-0.2, -0.15) is 24.8 Å². The van der Waals surface area contributed by atoms with E-state index in [4.69, 9.17) is 0 Å². The molecule has 0 unspecified atom stereocenters. The first-order valence-electron chi connectivity index (χ1n) is 11.6. The predicted octanol–water partition coefficient (Wildman–Crippen LogP) is 6.22. The van der Waals surface area contributed by atoms with Gasteiger partial charge in [0.2, 0.25) is 0 Å². The van der Waals surface area contributed by atoms with E-state index in [1.54, 1.807) is 6.20 Å². The second kappa shape index (κ2) is 12.4. The molecule has 2 heterocycles. The molecule has 4 heteroatoms. The van der Waals surface area contributed by atoms with Crippen LogP contribution in [-0.2, 0) is 17.1 Å². The number of aromatic nitrogens is 2. The molecule has 0 N–H and O–H groups in total. The summed E-state index contributed by atoms with van der Waals surface area (Å²) in [6.07, 6.45) is 3.62. The molecule has 0 aliphatic carbocycles. The van der Waals surface area contributed by atoms with Crippen molar-refractivity contribution in [3.05, 3.63) is 152 Å². The van der Waals surface area contributed by atoms with Crippen molar-refractivity contribution >= 4 is 34.7 Å². The van der Waals surface area contributed by atoms with E-state index in [0.29, 0.717) is 0 Å². The second-order valence-corrected chi connectivity index (χ2v) is 10.6. The van der Waals surface area contributed by atoms with Gasteiger partial charge in [-0.3, -0.25) is 4.98 Å². The van der Waals surface area contributed by atoms with Crippen LogP contribution in [-0.4, -0.2) is 4.98 Å². The number of nitrogens with zero attached hydrogens (tertiary/aromatic N) is 2. The summed E-state index contributed by atoms with van der Waals surface area (Å²) in [4.78, 5) is 8.69. The largest absolute Gasteiger partial charge is 2.00 e. The van der Waals surface area contributed by atoms with Crippen molar-refractivity contribution in [2.75, 3.05) is 0 Å². The van der Waals surface area contributed by atoms with Gasteiger partial charge in [-0.25, -0.2) is 0 Å². The average Bonchev–Trinajstić information content (AvgIpc) is 3.46. The molecule has 6 aromatic rings. The molecule has 0 fully saturated rings. The fourth-order valence-corrected chi connectivity index (χ4v) is 6.90. The van der Waals surface area contributed by atoms with E-state index in [9.17, 15) is 0 Å². The molecule has 0 aliphatic heterocycles. The van der Waals surface area contributed by atoms with Crippen molar-refractivity contribution in [3.63, 3.8) is 0 Å². The molecule has 0 saturated heterocycles. The zero-order valence-electron chi connectivity index (χ0n) is 19.7. The van der Waals surface area contributed by atoms with Gasteiger partial charge in [-0.1, -0.05) is 84.9 Å². The van der Waals surface area contributed by atoms with Gasteiger partial charge in [0.15, 0.2) is 0 Å². The SMILES string of the molecule is [CH2-]c1ccccc1[PH+](c1ccccc1)c1ccccc1.[Cu+2].c1c[n-]c(-c2cccc3cccnc23)c1. The Morgan fingerprint density at radius 2 is 1.25 bits per heavy atom. The van der Waals surface area contributed by atoms with Crippen LogP contribution in [0, 0.1) is 6.92 Å². The minimum atomic E-state index is -0.970. The maximum Gasteiger partial charge on any atom is 2.00 e. The molecule has 0 aliphatic rings. The Hall–Kier alpha value is -3.61. The number of hydrogen-bond acceptors (Lipinski definition) is 1. The number of hydrogen-bond donors (Lipinski definition) is 0. The first-order chi connectivity index (χ1) is 17.3. The molecule has 36 heavy (non-hydrogen) atoms. The molecule has 0 atom stereocenters. The van der Waals surface area contributed by atoms with Gasteiger partial charge in [0.1, 0.15) is 0 Å². The fraction of sp³-hybridized carbons (Fsp3) is 0. The van der Waals surface area contributed by atoms with Crippen LogP contribution in [0.4, 0.5) is 0 Å². The van der Waals surface area contributed by atoms with Crippen molar-refractivity contribution in [3.8, 4) is 11.3 Å². The molecule has 0 bridgehead atoms. The van der Waals surface area contributed by atoms with E-state index in [0.717, 1.165) is 27.7 Å². The summed E-state index contributed by atoms with van der Waals surface area (Å²) in [5, 5.41) is 5.33. The monoisotopic (exact) mass is 532 g/mol. The summed E-state index contributed by atoms with van der Waals surface area (Å²) >= 11 is 0. The van der Waals surface area contributed by atoms with E-state index in [1.807, 2.05) is 30.5 Å². The molecule has 2 nitrogen and oxygen atoms in total. The maximum atomic E-state index is 4.40. The number of benzene rings is 4.